The van der Waals surface area contributed by atoms with Crippen LogP contribution in [0.25, 0.3) is 21.9 Å². The predicted octanol–water partition coefficient (Wildman–Crippen LogP) is 5.05. The van der Waals surface area contributed by atoms with Gasteiger partial charge in [0.25, 0.3) is 0 Å². The van der Waals surface area contributed by atoms with Gasteiger partial charge in [-0.1, -0.05) is 12.1 Å². The summed E-state index contributed by atoms with van der Waals surface area (Å²) in [5, 5.41) is 5.04. The second-order valence-corrected chi connectivity index (χ2v) is 9.90. The van der Waals surface area contributed by atoms with Crippen LogP contribution in [0.3, 0.4) is 0 Å². The van der Waals surface area contributed by atoms with Crippen LogP contribution in [-0.2, 0) is 25.7 Å². The highest BCUT2D eigenvalue weighted by molar-refractivity contribution is 5.88. The van der Waals surface area contributed by atoms with E-state index in [9.17, 15) is 9.59 Å². The lowest BCUT2D eigenvalue weighted by molar-refractivity contribution is 0.140. The molecule has 192 valence electrons. The number of rotatable bonds is 7. The lowest BCUT2D eigenvalue weighted by Gasteiger charge is -2.23. The van der Waals surface area contributed by atoms with E-state index in [-0.39, 0.29) is 17.5 Å². The highest BCUT2D eigenvalue weighted by Gasteiger charge is 2.23. The molecule has 0 saturated carbocycles. The zero-order valence-corrected chi connectivity index (χ0v) is 21.1. The molecule has 6 rings (SSSR count). The smallest absolute Gasteiger partial charge is 0.339 e. The number of fused-ring (bicyclic) bond motifs is 6. The monoisotopic (exact) mass is 501 g/mol. The fourth-order valence-electron chi connectivity index (χ4n) is 5.83. The standard InChI is InChI=1S/C30H31NO6/c1-31-26(35-23-13-7-15-25-28(23)19-9-3-5-11-21(19)30(33)37-25)16-17-34-22-12-6-14-24-27(22)18-8-2-4-10-20(18)29(32)36-24/h6-7,12-15,26,31H,2-5,8-11,16-17H2,1H3. The third-order valence-electron chi connectivity index (χ3n) is 7.64. The Balaban J connectivity index is 1.24. The van der Waals surface area contributed by atoms with E-state index in [0.717, 1.165) is 90.1 Å². The molecule has 2 aliphatic carbocycles. The maximum atomic E-state index is 12.5. The van der Waals surface area contributed by atoms with Crippen LogP contribution in [0.2, 0.25) is 0 Å². The first-order chi connectivity index (χ1) is 18.1. The van der Waals surface area contributed by atoms with Crippen LogP contribution in [0.1, 0.15) is 54.4 Å². The maximum absolute atomic E-state index is 12.5. The summed E-state index contributed by atoms with van der Waals surface area (Å²) in [4.78, 5) is 24.9. The highest BCUT2D eigenvalue weighted by Crippen LogP contribution is 2.35. The summed E-state index contributed by atoms with van der Waals surface area (Å²) in [5.74, 6) is 1.44. The quantitative estimate of drug-likeness (QED) is 0.280. The van der Waals surface area contributed by atoms with Crippen molar-refractivity contribution in [2.24, 2.45) is 0 Å². The Hall–Kier alpha value is -3.58. The van der Waals surface area contributed by atoms with Crippen molar-refractivity contribution >= 4 is 21.9 Å². The van der Waals surface area contributed by atoms with Gasteiger partial charge in [-0.15, -0.1) is 0 Å². The molecule has 2 aromatic carbocycles. The molecule has 7 heteroatoms. The van der Waals surface area contributed by atoms with E-state index in [1.807, 2.05) is 43.4 Å². The molecule has 0 saturated heterocycles. The Morgan fingerprint density at radius 2 is 1.27 bits per heavy atom. The van der Waals surface area contributed by atoms with E-state index < -0.39 is 0 Å². The fraction of sp³-hybridized carbons (Fsp3) is 0.400. The number of hydrogen-bond acceptors (Lipinski definition) is 7. The second kappa shape index (κ2) is 10.1. The van der Waals surface area contributed by atoms with Crippen molar-refractivity contribution in [3.05, 3.63) is 79.5 Å². The minimum atomic E-state index is -0.307. The van der Waals surface area contributed by atoms with Gasteiger partial charge in [0.2, 0.25) is 0 Å². The van der Waals surface area contributed by atoms with Crippen LogP contribution in [0, 0.1) is 0 Å². The SMILES string of the molecule is CNC(CCOc1cccc2oc(=O)c3c(c12)CCCC3)Oc1cccc2oc(=O)c3c(c12)CCCC3. The molecule has 0 aliphatic heterocycles. The molecule has 2 aliphatic rings. The topological polar surface area (TPSA) is 90.9 Å². The van der Waals surface area contributed by atoms with Crippen molar-refractivity contribution < 1.29 is 18.3 Å². The average Bonchev–Trinajstić information content (AvgIpc) is 2.92. The number of benzene rings is 2. The molecule has 1 atom stereocenters. The molecule has 4 aromatic rings. The molecule has 0 fully saturated rings. The largest absolute Gasteiger partial charge is 0.493 e. The summed E-state index contributed by atoms with van der Waals surface area (Å²) in [7, 11) is 1.86. The van der Waals surface area contributed by atoms with Gasteiger partial charge in [-0.25, -0.2) is 9.59 Å². The van der Waals surface area contributed by atoms with Crippen LogP contribution >= 0.6 is 0 Å². The summed E-state index contributed by atoms with van der Waals surface area (Å²) < 4.78 is 23.9. The third-order valence-corrected chi connectivity index (χ3v) is 7.64. The summed E-state index contributed by atoms with van der Waals surface area (Å²) in [6.45, 7) is 0.413. The molecule has 37 heavy (non-hydrogen) atoms. The van der Waals surface area contributed by atoms with Crippen molar-refractivity contribution in [1.29, 1.82) is 0 Å². The summed E-state index contributed by atoms with van der Waals surface area (Å²) in [5.41, 5.74) is 4.38. The molecule has 2 heterocycles. The van der Waals surface area contributed by atoms with Gasteiger partial charge < -0.3 is 18.3 Å². The molecule has 0 radical (unpaired) electrons. The lowest BCUT2D eigenvalue weighted by atomic mass is 9.90. The summed E-state index contributed by atoms with van der Waals surface area (Å²) in [6, 6.07) is 11.2. The Bertz CT molecular complexity index is 1580. The van der Waals surface area contributed by atoms with Crippen molar-refractivity contribution in [3.8, 4) is 11.5 Å². The minimum Gasteiger partial charge on any atom is -0.493 e. The average molecular weight is 502 g/mol. The molecule has 7 nitrogen and oxygen atoms in total. The van der Waals surface area contributed by atoms with Gasteiger partial charge in [-0.05, 0) is 93.8 Å². The zero-order chi connectivity index (χ0) is 25.4. The lowest BCUT2D eigenvalue weighted by Crippen LogP contribution is -2.33. The predicted molar refractivity (Wildman–Crippen MR) is 142 cm³/mol. The van der Waals surface area contributed by atoms with Crippen LogP contribution in [-0.4, -0.2) is 19.9 Å². The van der Waals surface area contributed by atoms with Crippen LogP contribution < -0.4 is 26.0 Å². The normalized spacial score (nSPS) is 15.8. The van der Waals surface area contributed by atoms with Crippen LogP contribution in [0.5, 0.6) is 11.5 Å². The molecule has 0 bridgehead atoms. The minimum absolute atomic E-state index is 0.226. The highest BCUT2D eigenvalue weighted by atomic mass is 16.5. The van der Waals surface area contributed by atoms with Gasteiger partial charge in [-0.2, -0.15) is 0 Å². The van der Waals surface area contributed by atoms with Gasteiger partial charge in [0.15, 0.2) is 6.23 Å². The number of aryl methyl sites for hydroxylation is 2. The van der Waals surface area contributed by atoms with Gasteiger partial charge >= 0.3 is 11.3 Å². The van der Waals surface area contributed by atoms with Crippen molar-refractivity contribution in [1.82, 2.24) is 5.32 Å². The van der Waals surface area contributed by atoms with E-state index in [1.165, 1.54) is 0 Å². The van der Waals surface area contributed by atoms with Gasteiger partial charge in [0.05, 0.1) is 17.4 Å². The Labute approximate surface area is 214 Å². The molecular weight excluding hydrogens is 470 g/mol. The first kappa shape index (κ1) is 23.8. The van der Waals surface area contributed by atoms with Crippen LogP contribution in [0.4, 0.5) is 0 Å². The van der Waals surface area contributed by atoms with E-state index >= 15 is 0 Å². The summed E-state index contributed by atoms with van der Waals surface area (Å²) >= 11 is 0. The van der Waals surface area contributed by atoms with Gasteiger partial charge in [-0.3, -0.25) is 5.32 Å². The molecule has 2 aromatic heterocycles. The number of hydrogen-bond donors (Lipinski definition) is 1. The van der Waals surface area contributed by atoms with Gasteiger partial charge in [0, 0.05) is 17.5 Å². The number of ether oxygens (including phenoxy) is 2. The maximum Gasteiger partial charge on any atom is 0.339 e. The number of nitrogens with one attached hydrogen (secondary N) is 1. The van der Waals surface area contributed by atoms with Crippen molar-refractivity contribution in [2.75, 3.05) is 13.7 Å². The molecule has 0 amide bonds. The molecular formula is C30H31NO6. The van der Waals surface area contributed by atoms with Crippen molar-refractivity contribution in [2.45, 2.75) is 64.0 Å². The van der Waals surface area contributed by atoms with Gasteiger partial charge in [0.1, 0.15) is 22.7 Å². The zero-order valence-electron chi connectivity index (χ0n) is 21.1. The second-order valence-electron chi connectivity index (χ2n) is 9.90. The van der Waals surface area contributed by atoms with E-state index in [4.69, 9.17) is 18.3 Å². The first-order valence-corrected chi connectivity index (χ1v) is 13.3. The Morgan fingerprint density at radius 3 is 1.84 bits per heavy atom. The molecule has 1 unspecified atom stereocenters. The first-order valence-electron chi connectivity index (χ1n) is 13.3. The summed E-state index contributed by atoms with van der Waals surface area (Å²) in [6.07, 6.45) is 7.63. The van der Waals surface area contributed by atoms with E-state index in [0.29, 0.717) is 29.9 Å². The molecule has 1 N–H and O–H groups in total. The van der Waals surface area contributed by atoms with Crippen LogP contribution in [0.15, 0.2) is 54.8 Å². The Morgan fingerprint density at radius 1 is 0.757 bits per heavy atom. The molecule has 0 spiro atoms. The Kier molecular flexibility index (Phi) is 6.47. The van der Waals surface area contributed by atoms with E-state index in [2.05, 4.69) is 5.32 Å². The third kappa shape index (κ3) is 4.42. The van der Waals surface area contributed by atoms with Crippen molar-refractivity contribution in [3.63, 3.8) is 0 Å². The fourth-order valence-corrected chi connectivity index (χ4v) is 5.83. The van der Waals surface area contributed by atoms with E-state index in [1.54, 1.807) is 0 Å².